The predicted octanol–water partition coefficient (Wildman–Crippen LogP) is 3.18. The van der Waals surface area contributed by atoms with Crippen LogP contribution in [-0.4, -0.2) is 4.98 Å². The van der Waals surface area contributed by atoms with E-state index in [1.54, 1.807) is 25.1 Å². The van der Waals surface area contributed by atoms with E-state index in [1.807, 2.05) is 12.1 Å². The van der Waals surface area contributed by atoms with E-state index in [0.29, 0.717) is 23.2 Å². The summed E-state index contributed by atoms with van der Waals surface area (Å²) in [5, 5.41) is 3.18. The van der Waals surface area contributed by atoms with Crippen molar-refractivity contribution in [3.05, 3.63) is 63.9 Å². The fraction of sp³-hybridized carbons (Fsp3) is 0.133. The van der Waals surface area contributed by atoms with Crippen LogP contribution in [0.15, 0.2) is 45.6 Å². The molecule has 0 atom stereocenters. The highest BCUT2D eigenvalue weighted by atomic mass is 19.1. The Morgan fingerprint density at radius 3 is 2.90 bits per heavy atom. The van der Waals surface area contributed by atoms with Crippen molar-refractivity contribution in [1.29, 1.82) is 0 Å². The standard InChI is InChI=1S/C15H13FN2O2/c1-9-2-3-10(6-12(9)16)8-17-11-4-5-14-13(7-11)18-15(19)20-14/h2-7,17H,8H2,1H3,(H,18,19). The van der Waals surface area contributed by atoms with Crippen molar-refractivity contribution in [1.82, 2.24) is 4.98 Å². The van der Waals surface area contributed by atoms with E-state index in [4.69, 9.17) is 4.42 Å². The predicted molar refractivity (Wildman–Crippen MR) is 75.3 cm³/mol. The molecule has 20 heavy (non-hydrogen) atoms. The minimum absolute atomic E-state index is 0.209. The van der Waals surface area contributed by atoms with Crippen molar-refractivity contribution in [3.63, 3.8) is 0 Å². The number of nitrogens with one attached hydrogen (secondary N) is 2. The van der Waals surface area contributed by atoms with E-state index in [2.05, 4.69) is 10.3 Å². The average molecular weight is 272 g/mol. The molecular weight excluding hydrogens is 259 g/mol. The second kappa shape index (κ2) is 4.85. The number of oxazole rings is 1. The van der Waals surface area contributed by atoms with Gasteiger partial charge < -0.3 is 9.73 Å². The number of aromatic nitrogens is 1. The number of benzene rings is 2. The van der Waals surface area contributed by atoms with Crippen molar-refractivity contribution >= 4 is 16.8 Å². The van der Waals surface area contributed by atoms with Crippen molar-refractivity contribution in [3.8, 4) is 0 Å². The van der Waals surface area contributed by atoms with Gasteiger partial charge in [-0.05, 0) is 42.3 Å². The number of fused-ring (bicyclic) bond motifs is 1. The SMILES string of the molecule is Cc1ccc(CNc2ccc3oc(=O)[nH]c3c2)cc1F. The Kier molecular flexibility index (Phi) is 3.02. The van der Waals surface area contributed by atoms with Gasteiger partial charge in [-0.15, -0.1) is 0 Å². The van der Waals surface area contributed by atoms with Crippen LogP contribution in [0.25, 0.3) is 11.1 Å². The molecule has 5 heteroatoms. The molecule has 2 N–H and O–H groups in total. The van der Waals surface area contributed by atoms with Crippen molar-refractivity contribution in [2.75, 3.05) is 5.32 Å². The molecule has 0 aliphatic heterocycles. The van der Waals surface area contributed by atoms with E-state index in [0.717, 1.165) is 11.3 Å². The van der Waals surface area contributed by atoms with E-state index in [9.17, 15) is 9.18 Å². The monoisotopic (exact) mass is 272 g/mol. The molecule has 3 rings (SSSR count). The third-order valence-corrected chi connectivity index (χ3v) is 3.15. The maximum absolute atomic E-state index is 13.4. The Morgan fingerprint density at radius 2 is 2.10 bits per heavy atom. The Hall–Kier alpha value is -2.56. The van der Waals surface area contributed by atoms with Crippen LogP contribution >= 0.6 is 0 Å². The molecule has 102 valence electrons. The Morgan fingerprint density at radius 1 is 1.25 bits per heavy atom. The van der Waals surface area contributed by atoms with Gasteiger partial charge in [0.25, 0.3) is 0 Å². The van der Waals surface area contributed by atoms with Crippen LogP contribution in [0.3, 0.4) is 0 Å². The number of aryl methyl sites for hydroxylation is 1. The number of aromatic amines is 1. The molecule has 0 aliphatic carbocycles. The van der Waals surface area contributed by atoms with Gasteiger partial charge in [-0.1, -0.05) is 12.1 Å². The zero-order valence-corrected chi connectivity index (χ0v) is 10.9. The van der Waals surface area contributed by atoms with Gasteiger partial charge in [-0.3, -0.25) is 4.98 Å². The van der Waals surface area contributed by atoms with E-state index >= 15 is 0 Å². The topological polar surface area (TPSA) is 58.0 Å². The number of hydrogen-bond acceptors (Lipinski definition) is 3. The molecule has 0 unspecified atom stereocenters. The normalized spacial score (nSPS) is 10.9. The molecule has 4 nitrogen and oxygen atoms in total. The third kappa shape index (κ3) is 2.42. The lowest BCUT2D eigenvalue weighted by Crippen LogP contribution is -2.00. The molecule has 0 saturated heterocycles. The zero-order chi connectivity index (χ0) is 14.1. The highest BCUT2D eigenvalue weighted by Crippen LogP contribution is 2.17. The van der Waals surface area contributed by atoms with Crippen LogP contribution < -0.4 is 11.1 Å². The van der Waals surface area contributed by atoms with Gasteiger partial charge >= 0.3 is 5.76 Å². The molecule has 1 heterocycles. The second-order valence-corrected chi connectivity index (χ2v) is 4.66. The minimum atomic E-state index is -0.474. The first-order chi connectivity index (χ1) is 9.61. The molecule has 2 aromatic carbocycles. The smallest absolute Gasteiger partial charge is 0.408 e. The quantitative estimate of drug-likeness (QED) is 0.770. The zero-order valence-electron chi connectivity index (χ0n) is 10.9. The lowest BCUT2D eigenvalue weighted by atomic mass is 10.1. The molecule has 0 bridgehead atoms. The first kappa shape index (κ1) is 12.5. The van der Waals surface area contributed by atoms with Crippen LogP contribution in [-0.2, 0) is 6.54 Å². The van der Waals surface area contributed by atoms with Gasteiger partial charge in [0.15, 0.2) is 5.58 Å². The summed E-state index contributed by atoms with van der Waals surface area (Å²) in [5.74, 6) is -0.684. The summed E-state index contributed by atoms with van der Waals surface area (Å²) in [6.07, 6.45) is 0. The lowest BCUT2D eigenvalue weighted by Gasteiger charge is -2.07. The van der Waals surface area contributed by atoms with Gasteiger partial charge in [0.05, 0.1) is 5.52 Å². The molecule has 0 radical (unpaired) electrons. The van der Waals surface area contributed by atoms with Gasteiger partial charge in [0.1, 0.15) is 5.82 Å². The summed E-state index contributed by atoms with van der Waals surface area (Å²) in [4.78, 5) is 13.7. The summed E-state index contributed by atoms with van der Waals surface area (Å²) < 4.78 is 18.4. The van der Waals surface area contributed by atoms with Crippen molar-refractivity contribution < 1.29 is 8.81 Å². The molecule has 0 saturated carbocycles. The number of anilines is 1. The molecule has 1 aromatic heterocycles. The van der Waals surface area contributed by atoms with Crippen molar-refractivity contribution in [2.24, 2.45) is 0 Å². The first-order valence-corrected chi connectivity index (χ1v) is 6.23. The van der Waals surface area contributed by atoms with Crippen LogP contribution in [0, 0.1) is 12.7 Å². The summed E-state index contributed by atoms with van der Waals surface area (Å²) in [6, 6.07) is 10.5. The summed E-state index contributed by atoms with van der Waals surface area (Å²) >= 11 is 0. The maximum atomic E-state index is 13.4. The molecule has 0 aliphatic rings. The molecule has 0 spiro atoms. The highest BCUT2D eigenvalue weighted by Gasteiger charge is 2.03. The fourth-order valence-electron chi connectivity index (χ4n) is 2.01. The fourth-order valence-corrected chi connectivity index (χ4v) is 2.01. The van der Waals surface area contributed by atoms with Gasteiger partial charge in [0.2, 0.25) is 0 Å². The number of halogens is 1. The second-order valence-electron chi connectivity index (χ2n) is 4.66. The van der Waals surface area contributed by atoms with Crippen LogP contribution in [0.2, 0.25) is 0 Å². The van der Waals surface area contributed by atoms with E-state index < -0.39 is 5.76 Å². The van der Waals surface area contributed by atoms with Crippen LogP contribution in [0.5, 0.6) is 0 Å². The number of rotatable bonds is 3. The largest absolute Gasteiger partial charge is 0.417 e. The molecule has 0 amide bonds. The minimum Gasteiger partial charge on any atom is -0.408 e. The Balaban J connectivity index is 1.78. The molecule has 0 fully saturated rings. The number of hydrogen-bond donors (Lipinski definition) is 2. The Bertz CT molecular complexity index is 820. The Labute approximate surface area is 114 Å². The first-order valence-electron chi connectivity index (χ1n) is 6.23. The van der Waals surface area contributed by atoms with Crippen molar-refractivity contribution in [2.45, 2.75) is 13.5 Å². The van der Waals surface area contributed by atoms with Crippen LogP contribution in [0.1, 0.15) is 11.1 Å². The number of H-pyrrole nitrogens is 1. The van der Waals surface area contributed by atoms with E-state index in [-0.39, 0.29) is 5.82 Å². The molecular formula is C15H13FN2O2. The maximum Gasteiger partial charge on any atom is 0.417 e. The van der Waals surface area contributed by atoms with Gasteiger partial charge in [-0.25, -0.2) is 9.18 Å². The summed E-state index contributed by atoms with van der Waals surface area (Å²) in [7, 11) is 0. The molecule has 3 aromatic rings. The summed E-state index contributed by atoms with van der Waals surface area (Å²) in [5.41, 5.74) is 3.47. The third-order valence-electron chi connectivity index (χ3n) is 3.15. The van der Waals surface area contributed by atoms with Crippen LogP contribution in [0.4, 0.5) is 10.1 Å². The lowest BCUT2D eigenvalue weighted by molar-refractivity contribution is 0.555. The van der Waals surface area contributed by atoms with E-state index in [1.165, 1.54) is 6.07 Å². The summed E-state index contributed by atoms with van der Waals surface area (Å²) in [6.45, 7) is 2.24. The van der Waals surface area contributed by atoms with Gasteiger partial charge in [-0.2, -0.15) is 0 Å². The highest BCUT2D eigenvalue weighted by molar-refractivity contribution is 5.76. The average Bonchev–Trinajstić information content (AvgIpc) is 2.79. The van der Waals surface area contributed by atoms with Gasteiger partial charge in [0, 0.05) is 12.2 Å².